The van der Waals surface area contributed by atoms with Crippen LogP contribution in [0.4, 0.5) is 5.82 Å². The molecular formula is C25H31N5O. The van der Waals surface area contributed by atoms with E-state index in [2.05, 4.69) is 58.3 Å². The van der Waals surface area contributed by atoms with Gasteiger partial charge in [0.05, 0.1) is 17.3 Å². The quantitative estimate of drug-likeness (QED) is 0.336. The lowest BCUT2D eigenvalue weighted by Gasteiger charge is -2.22. The fraction of sp³-hybridized carbons (Fsp3) is 0.360. The fourth-order valence-electron chi connectivity index (χ4n) is 3.47. The van der Waals surface area contributed by atoms with Crippen molar-refractivity contribution in [1.82, 2.24) is 15.0 Å². The fourth-order valence-corrected chi connectivity index (χ4v) is 3.47. The number of hydrogen-bond donors (Lipinski definition) is 1. The zero-order chi connectivity index (χ0) is 22.4. The van der Waals surface area contributed by atoms with Gasteiger partial charge in [-0.2, -0.15) is 0 Å². The Kier molecular flexibility index (Phi) is 7.34. The number of anilines is 1. The summed E-state index contributed by atoms with van der Waals surface area (Å²) in [7, 11) is 0. The van der Waals surface area contributed by atoms with Crippen LogP contribution in [0.1, 0.15) is 56.5 Å². The van der Waals surface area contributed by atoms with Gasteiger partial charge in [-0.25, -0.2) is 9.97 Å². The molecule has 31 heavy (non-hydrogen) atoms. The van der Waals surface area contributed by atoms with Crippen LogP contribution >= 0.6 is 0 Å². The van der Waals surface area contributed by atoms with E-state index in [0.29, 0.717) is 18.4 Å². The van der Waals surface area contributed by atoms with E-state index in [4.69, 9.17) is 4.74 Å². The van der Waals surface area contributed by atoms with Crippen LogP contribution < -0.4 is 10.1 Å². The third-order valence-corrected chi connectivity index (χ3v) is 5.60. The van der Waals surface area contributed by atoms with E-state index in [9.17, 15) is 0 Å². The van der Waals surface area contributed by atoms with E-state index in [1.54, 1.807) is 18.6 Å². The third kappa shape index (κ3) is 5.26. The van der Waals surface area contributed by atoms with Gasteiger partial charge in [-0.1, -0.05) is 32.6 Å². The van der Waals surface area contributed by atoms with Crippen molar-refractivity contribution in [3.8, 4) is 5.75 Å². The van der Waals surface area contributed by atoms with Crippen molar-refractivity contribution in [2.75, 3.05) is 18.5 Å². The third-order valence-electron chi connectivity index (χ3n) is 5.60. The van der Waals surface area contributed by atoms with Crippen LogP contribution in [0, 0.1) is 5.92 Å². The van der Waals surface area contributed by atoms with Crippen LogP contribution in [0.15, 0.2) is 61.2 Å². The molecule has 0 aromatic carbocycles. The zero-order valence-corrected chi connectivity index (χ0v) is 18.8. The molecule has 2 aromatic rings. The first-order valence-corrected chi connectivity index (χ1v) is 10.6. The van der Waals surface area contributed by atoms with Crippen molar-refractivity contribution in [3.05, 3.63) is 73.1 Å². The average molecular weight is 418 g/mol. The van der Waals surface area contributed by atoms with Gasteiger partial charge in [0, 0.05) is 41.9 Å². The van der Waals surface area contributed by atoms with Gasteiger partial charge in [0.1, 0.15) is 24.5 Å². The zero-order valence-electron chi connectivity index (χ0n) is 18.8. The van der Waals surface area contributed by atoms with E-state index in [0.717, 1.165) is 40.8 Å². The molecule has 0 aliphatic carbocycles. The van der Waals surface area contributed by atoms with Crippen molar-refractivity contribution in [2.45, 2.75) is 39.5 Å². The average Bonchev–Trinajstić information content (AvgIpc) is 3.21. The number of rotatable bonds is 9. The first-order valence-electron chi connectivity index (χ1n) is 10.6. The number of fused-ring (bicyclic) bond motifs is 1. The van der Waals surface area contributed by atoms with Gasteiger partial charge >= 0.3 is 0 Å². The van der Waals surface area contributed by atoms with Crippen molar-refractivity contribution < 1.29 is 4.74 Å². The molecular weight excluding hydrogens is 386 g/mol. The molecule has 6 heteroatoms. The van der Waals surface area contributed by atoms with E-state index >= 15 is 0 Å². The maximum absolute atomic E-state index is 5.96. The summed E-state index contributed by atoms with van der Waals surface area (Å²) >= 11 is 0. The molecule has 0 fully saturated rings. The summed E-state index contributed by atoms with van der Waals surface area (Å²) < 4.78 is 5.96. The van der Waals surface area contributed by atoms with Crippen molar-refractivity contribution in [2.24, 2.45) is 10.9 Å². The van der Waals surface area contributed by atoms with Gasteiger partial charge < -0.3 is 10.1 Å². The molecule has 0 bridgehead atoms. The summed E-state index contributed by atoms with van der Waals surface area (Å²) in [6.45, 7) is 17.5. The number of ether oxygens (including phenoxy) is 1. The largest absolute Gasteiger partial charge is 0.490 e. The molecule has 0 saturated heterocycles. The predicted molar refractivity (Wildman–Crippen MR) is 128 cm³/mol. The second kappa shape index (κ2) is 10.2. The van der Waals surface area contributed by atoms with Crippen molar-refractivity contribution in [3.63, 3.8) is 0 Å². The number of allylic oxidation sites excluding steroid dienone is 2. The smallest absolute Gasteiger partial charge is 0.145 e. The van der Waals surface area contributed by atoms with Crippen molar-refractivity contribution >= 4 is 17.1 Å². The molecule has 0 radical (unpaired) electrons. The minimum Gasteiger partial charge on any atom is -0.490 e. The maximum Gasteiger partial charge on any atom is 0.145 e. The van der Waals surface area contributed by atoms with Crippen LogP contribution in [0.5, 0.6) is 5.75 Å². The maximum atomic E-state index is 5.96. The number of hydrogen-bond acceptors (Lipinski definition) is 6. The molecule has 0 saturated carbocycles. The molecule has 0 amide bonds. The second-order valence-corrected chi connectivity index (χ2v) is 8.07. The summed E-state index contributed by atoms with van der Waals surface area (Å²) in [5.41, 5.74) is 4.80. The Hall–Kier alpha value is -3.28. The van der Waals surface area contributed by atoms with Crippen LogP contribution in [0.3, 0.4) is 0 Å². The summed E-state index contributed by atoms with van der Waals surface area (Å²) in [5, 5.41) is 3.45. The monoisotopic (exact) mass is 417 g/mol. The van der Waals surface area contributed by atoms with Gasteiger partial charge in [-0.3, -0.25) is 9.98 Å². The number of nitrogens with zero attached hydrogens (tertiary/aromatic N) is 4. The Morgan fingerprint density at radius 1 is 1.29 bits per heavy atom. The molecule has 1 aliphatic heterocycles. The summed E-state index contributed by atoms with van der Waals surface area (Å²) in [6, 6.07) is 3.99. The van der Waals surface area contributed by atoms with E-state index < -0.39 is 0 Å². The molecule has 1 unspecified atom stereocenters. The van der Waals surface area contributed by atoms with Gasteiger partial charge in [0.15, 0.2) is 0 Å². The van der Waals surface area contributed by atoms with Gasteiger partial charge in [-0.15, -0.1) is 6.58 Å². The number of nitrogens with one attached hydrogen (secondary N) is 1. The molecule has 3 heterocycles. The van der Waals surface area contributed by atoms with E-state index in [1.807, 2.05) is 32.2 Å². The lowest BCUT2D eigenvalue weighted by molar-refractivity contribution is 0.337. The Bertz CT molecular complexity index is 1010. The minimum absolute atomic E-state index is 0.169. The molecule has 2 aromatic heterocycles. The van der Waals surface area contributed by atoms with Gasteiger partial charge in [0.25, 0.3) is 0 Å². The molecule has 1 aliphatic rings. The highest BCUT2D eigenvalue weighted by Gasteiger charge is 2.29. The highest BCUT2D eigenvalue weighted by molar-refractivity contribution is 5.81. The van der Waals surface area contributed by atoms with Crippen molar-refractivity contribution in [1.29, 1.82) is 0 Å². The van der Waals surface area contributed by atoms with Crippen LogP contribution in [-0.2, 0) is 0 Å². The lowest BCUT2D eigenvalue weighted by Crippen LogP contribution is -2.18. The van der Waals surface area contributed by atoms with Crippen LogP contribution in [-0.4, -0.2) is 33.8 Å². The Labute approximate surface area is 184 Å². The summed E-state index contributed by atoms with van der Waals surface area (Å²) in [6.07, 6.45) is 8.87. The highest BCUT2D eigenvalue weighted by atomic mass is 16.5. The topological polar surface area (TPSA) is 72.3 Å². The molecule has 3 rings (SSSR count). The Balaban J connectivity index is 1.70. The predicted octanol–water partition coefficient (Wildman–Crippen LogP) is 5.39. The molecule has 0 spiro atoms. The first-order chi connectivity index (χ1) is 14.9. The van der Waals surface area contributed by atoms with Crippen LogP contribution in [0.25, 0.3) is 5.57 Å². The highest BCUT2D eigenvalue weighted by Crippen LogP contribution is 2.40. The number of aromatic nitrogens is 3. The molecule has 3 atom stereocenters. The van der Waals surface area contributed by atoms with Gasteiger partial charge in [0.2, 0.25) is 0 Å². The van der Waals surface area contributed by atoms with E-state index in [1.165, 1.54) is 5.56 Å². The summed E-state index contributed by atoms with van der Waals surface area (Å²) in [5.74, 6) is 2.50. The number of aliphatic imine (C=N–C) groups is 1. The van der Waals surface area contributed by atoms with Gasteiger partial charge in [-0.05, 0) is 31.7 Å². The molecule has 6 nitrogen and oxygen atoms in total. The number of pyridine rings is 1. The Morgan fingerprint density at radius 2 is 2.10 bits per heavy atom. The molecule has 1 N–H and O–H groups in total. The second-order valence-electron chi connectivity index (χ2n) is 8.07. The summed E-state index contributed by atoms with van der Waals surface area (Å²) in [4.78, 5) is 17.6. The standard InChI is InChI=1S/C25H31N5O/c1-7-19(13-27-16(3)4)22-11-23(30-15-29-22)28-12-17(5)18(6)21-9-10-26-24-20(8-2)14-31-25(21)24/h7-11,13,15,17-18,20H,1-2,12,14H2,3-6H3,(H,28,29,30)/b19-13+/t17-,18?,20+/m1/s1. The SMILES string of the molecule is C=C/C(=C\N=C(C)C)c1cc(NC[C@@H](C)C(C)c2ccnc3c2OC[C@@H]3C=C)ncn1. The first kappa shape index (κ1) is 22.4. The minimum atomic E-state index is 0.169. The lowest BCUT2D eigenvalue weighted by atomic mass is 9.87. The molecule has 162 valence electrons. The van der Waals surface area contributed by atoms with Crippen LogP contribution in [0.2, 0.25) is 0 Å². The normalized spacial score (nSPS) is 17.2. The van der Waals surface area contributed by atoms with E-state index in [-0.39, 0.29) is 5.92 Å². The Morgan fingerprint density at radius 3 is 2.81 bits per heavy atom.